The lowest BCUT2D eigenvalue weighted by Gasteiger charge is -2.12. The van der Waals surface area contributed by atoms with Gasteiger partial charge in [0, 0.05) is 18.5 Å². The number of carbonyl (C=O) groups is 3. The Kier molecular flexibility index (Phi) is 10.3. The van der Waals surface area contributed by atoms with E-state index in [2.05, 4.69) is 37.4 Å². The molecule has 0 aliphatic carbocycles. The quantitative estimate of drug-likeness (QED) is 0.305. The topological polar surface area (TPSA) is 109 Å². The second kappa shape index (κ2) is 12.9. The van der Waals surface area contributed by atoms with Gasteiger partial charge >= 0.3 is 0 Å². The molecule has 0 saturated carbocycles. The SMILES string of the molecule is CCc1ccc(OCC(=O)NC(=S)NNC(=O)CCC(=O)Nc2cc(C)ccc2C)c(Br)c1. The Morgan fingerprint density at radius 1 is 0.970 bits per heavy atom. The van der Waals surface area contributed by atoms with Crippen LogP contribution in [0, 0.1) is 13.8 Å². The molecule has 0 atom stereocenters. The molecular formula is C23H27BrN4O4S. The summed E-state index contributed by atoms with van der Waals surface area (Å²) in [7, 11) is 0. The van der Waals surface area contributed by atoms with E-state index in [9.17, 15) is 14.4 Å². The molecule has 10 heteroatoms. The van der Waals surface area contributed by atoms with Crippen molar-refractivity contribution in [1.29, 1.82) is 0 Å². The highest BCUT2D eigenvalue weighted by Gasteiger charge is 2.11. The van der Waals surface area contributed by atoms with Gasteiger partial charge in [0.15, 0.2) is 11.7 Å². The standard InChI is InChI=1S/C23H27BrN4O4S/c1-4-16-7-8-19(17(24)12-16)32-13-22(31)26-23(33)28-27-21(30)10-9-20(29)25-18-11-14(2)5-6-15(18)3/h5-8,11-12H,4,9-10,13H2,1-3H3,(H,25,29)(H,27,30)(H2,26,28,31,33). The molecule has 2 rings (SSSR count). The molecule has 0 aliphatic heterocycles. The zero-order valence-corrected chi connectivity index (χ0v) is 21.1. The first-order chi connectivity index (χ1) is 15.7. The van der Waals surface area contributed by atoms with Crippen molar-refractivity contribution in [2.45, 2.75) is 40.0 Å². The highest BCUT2D eigenvalue weighted by molar-refractivity contribution is 9.10. The van der Waals surface area contributed by atoms with Crippen LogP contribution < -0.4 is 26.2 Å². The monoisotopic (exact) mass is 534 g/mol. The summed E-state index contributed by atoms with van der Waals surface area (Å²) >= 11 is 8.39. The fraction of sp³-hybridized carbons (Fsp3) is 0.304. The normalized spacial score (nSPS) is 10.2. The number of hydrogen-bond acceptors (Lipinski definition) is 5. The molecule has 0 radical (unpaired) electrons. The minimum Gasteiger partial charge on any atom is -0.483 e. The Labute approximate surface area is 206 Å². The number of benzene rings is 2. The number of aryl methyl sites for hydroxylation is 3. The summed E-state index contributed by atoms with van der Waals surface area (Å²) in [5, 5.41) is 5.11. The lowest BCUT2D eigenvalue weighted by Crippen LogP contribution is -2.49. The third kappa shape index (κ3) is 9.19. The lowest BCUT2D eigenvalue weighted by molar-refractivity contribution is -0.125. The van der Waals surface area contributed by atoms with Crippen molar-refractivity contribution in [3.05, 3.63) is 57.6 Å². The van der Waals surface area contributed by atoms with E-state index in [0.29, 0.717) is 5.75 Å². The van der Waals surface area contributed by atoms with E-state index in [4.69, 9.17) is 17.0 Å². The van der Waals surface area contributed by atoms with Gasteiger partial charge in [-0.25, -0.2) is 0 Å². The summed E-state index contributed by atoms with van der Waals surface area (Å²) < 4.78 is 6.23. The molecule has 8 nitrogen and oxygen atoms in total. The third-order valence-corrected chi connectivity index (χ3v) is 5.40. The van der Waals surface area contributed by atoms with Crippen molar-refractivity contribution in [2.75, 3.05) is 11.9 Å². The van der Waals surface area contributed by atoms with Gasteiger partial charge < -0.3 is 10.1 Å². The number of halogens is 1. The van der Waals surface area contributed by atoms with Gasteiger partial charge in [-0.15, -0.1) is 0 Å². The highest BCUT2D eigenvalue weighted by Crippen LogP contribution is 2.26. The molecule has 0 aliphatic rings. The molecule has 0 saturated heterocycles. The van der Waals surface area contributed by atoms with Crippen LogP contribution in [0.4, 0.5) is 5.69 Å². The second-order valence-electron chi connectivity index (χ2n) is 7.32. The predicted molar refractivity (Wildman–Crippen MR) is 135 cm³/mol. The number of amides is 3. The minimum absolute atomic E-state index is 0.000441. The highest BCUT2D eigenvalue weighted by atomic mass is 79.9. The van der Waals surface area contributed by atoms with E-state index in [1.807, 2.05) is 51.1 Å². The first kappa shape index (κ1) is 26.3. The van der Waals surface area contributed by atoms with Crippen LogP contribution in [0.3, 0.4) is 0 Å². The van der Waals surface area contributed by atoms with Crippen LogP contribution in [0.5, 0.6) is 5.75 Å². The van der Waals surface area contributed by atoms with Crippen LogP contribution in [0.25, 0.3) is 0 Å². The van der Waals surface area contributed by atoms with E-state index >= 15 is 0 Å². The van der Waals surface area contributed by atoms with Crippen LogP contribution in [0.1, 0.15) is 36.5 Å². The first-order valence-electron chi connectivity index (χ1n) is 10.3. The van der Waals surface area contributed by atoms with E-state index in [-0.39, 0.29) is 30.5 Å². The van der Waals surface area contributed by atoms with Gasteiger partial charge in [0.05, 0.1) is 4.47 Å². The number of anilines is 1. The number of rotatable bonds is 8. The van der Waals surface area contributed by atoms with E-state index in [1.54, 1.807) is 6.07 Å². The number of nitrogens with one attached hydrogen (secondary N) is 4. The van der Waals surface area contributed by atoms with Gasteiger partial charge in [0.25, 0.3) is 5.91 Å². The van der Waals surface area contributed by atoms with Crippen LogP contribution in [-0.2, 0) is 20.8 Å². The van der Waals surface area contributed by atoms with Crippen molar-refractivity contribution in [1.82, 2.24) is 16.2 Å². The zero-order valence-electron chi connectivity index (χ0n) is 18.7. The number of ether oxygens (including phenoxy) is 1. The van der Waals surface area contributed by atoms with E-state index in [0.717, 1.165) is 33.3 Å². The van der Waals surface area contributed by atoms with Crippen LogP contribution >= 0.6 is 28.1 Å². The maximum Gasteiger partial charge on any atom is 0.264 e. The fourth-order valence-electron chi connectivity index (χ4n) is 2.72. The van der Waals surface area contributed by atoms with Gasteiger partial charge in [-0.05, 0) is 83.3 Å². The Morgan fingerprint density at radius 3 is 2.39 bits per heavy atom. The molecule has 176 valence electrons. The Hall–Kier alpha value is -2.98. The second-order valence-corrected chi connectivity index (χ2v) is 8.59. The molecule has 2 aromatic rings. The van der Waals surface area contributed by atoms with Crippen molar-refractivity contribution >= 4 is 56.7 Å². The predicted octanol–water partition coefficient (Wildman–Crippen LogP) is 3.45. The Bertz CT molecular complexity index is 1050. The van der Waals surface area contributed by atoms with E-state index in [1.165, 1.54) is 0 Å². The maximum absolute atomic E-state index is 12.1. The summed E-state index contributed by atoms with van der Waals surface area (Å²) in [6.07, 6.45) is 0.840. The average molecular weight is 535 g/mol. The van der Waals surface area contributed by atoms with Gasteiger partial charge in [-0.3, -0.25) is 30.6 Å². The van der Waals surface area contributed by atoms with E-state index < -0.39 is 11.8 Å². The molecule has 0 unspecified atom stereocenters. The summed E-state index contributed by atoms with van der Waals surface area (Å²) in [6, 6.07) is 11.4. The first-order valence-corrected chi connectivity index (χ1v) is 11.5. The van der Waals surface area contributed by atoms with Crippen molar-refractivity contribution in [2.24, 2.45) is 0 Å². The molecule has 3 amide bonds. The Balaban J connectivity index is 1.67. The number of hydrazine groups is 1. The van der Waals surface area contributed by atoms with Crippen molar-refractivity contribution in [3.8, 4) is 5.75 Å². The molecule has 4 N–H and O–H groups in total. The maximum atomic E-state index is 12.1. The largest absolute Gasteiger partial charge is 0.483 e. The summed E-state index contributed by atoms with van der Waals surface area (Å²) in [5.41, 5.74) is 8.61. The van der Waals surface area contributed by atoms with Gasteiger partial charge in [-0.2, -0.15) is 0 Å². The van der Waals surface area contributed by atoms with Gasteiger partial charge in [0.1, 0.15) is 5.75 Å². The number of thiocarbonyl (C=S) groups is 1. The summed E-state index contributed by atoms with van der Waals surface area (Å²) in [6.45, 7) is 5.62. The number of hydrogen-bond donors (Lipinski definition) is 4. The molecule has 0 fully saturated rings. The summed E-state index contributed by atoms with van der Waals surface area (Å²) in [5.74, 6) is -0.668. The van der Waals surface area contributed by atoms with Crippen LogP contribution in [-0.4, -0.2) is 29.4 Å². The molecule has 33 heavy (non-hydrogen) atoms. The molecule has 0 bridgehead atoms. The van der Waals surface area contributed by atoms with Crippen molar-refractivity contribution < 1.29 is 19.1 Å². The Morgan fingerprint density at radius 2 is 1.70 bits per heavy atom. The molecular weight excluding hydrogens is 508 g/mol. The van der Waals surface area contributed by atoms with Gasteiger partial charge in [0.2, 0.25) is 11.8 Å². The molecule has 0 spiro atoms. The molecule has 0 aromatic heterocycles. The minimum atomic E-state index is -0.485. The average Bonchev–Trinajstić information content (AvgIpc) is 2.77. The number of carbonyl (C=O) groups excluding carboxylic acids is 3. The molecule has 2 aromatic carbocycles. The fourth-order valence-corrected chi connectivity index (χ4v) is 3.42. The zero-order chi connectivity index (χ0) is 24.4. The third-order valence-electron chi connectivity index (χ3n) is 4.58. The van der Waals surface area contributed by atoms with Crippen LogP contribution in [0.15, 0.2) is 40.9 Å². The smallest absolute Gasteiger partial charge is 0.264 e. The van der Waals surface area contributed by atoms with Gasteiger partial charge in [-0.1, -0.05) is 25.1 Å². The van der Waals surface area contributed by atoms with Crippen LogP contribution in [0.2, 0.25) is 0 Å². The lowest BCUT2D eigenvalue weighted by atomic mass is 10.1. The summed E-state index contributed by atoms with van der Waals surface area (Å²) in [4.78, 5) is 36.1. The molecule has 0 heterocycles. The van der Waals surface area contributed by atoms with Crippen molar-refractivity contribution in [3.63, 3.8) is 0 Å².